The average molecular weight is 800 g/mol. The fourth-order valence-electron chi connectivity index (χ4n) is 9.05. The second-order valence-electron chi connectivity index (χ2n) is 16.1. The molecule has 1 atom stereocenters. The van der Waals surface area contributed by atoms with E-state index < -0.39 is 11.9 Å². The Morgan fingerprint density at radius 2 is 1.60 bits per heavy atom. The highest BCUT2D eigenvalue weighted by atomic mass is 19.1. The number of benzene rings is 2. The highest BCUT2D eigenvalue weighted by molar-refractivity contribution is 6.01. The van der Waals surface area contributed by atoms with Gasteiger partial charge in [-0.25, -0.2) is 18.7 Å². The Hall–Kier alpha value is -5.22. The molecule has 3 aromatic rings. The van der Waals surface area contributed by atoms with Gasteiger partial charge in [0.25, 0.3) is 5.91 Å². The van der Waals surface area contributed by atoms with Gasteiger partial charge in [0, 0.05) is 80.1 Å². The number of anilines is 4. The Bertz CT molecular complexity index is 2000. The molecule has 1 aromatic heterocycles. The predicted molar refractivity (Wildman–Crippen MR) is 214 cm³/mol. The summed E-state index contributed by atoms with van der Waals surface area (Å²) in [5, 5.41) is 12.1. The van der Waals surface area contributed by atoms with E-state index in [1.165, 1.54) is 12.3 Å². The van der Waals surface area contributed by atoms with Crippen molar-refractivity contribution in [2.24, 2.45) is 5.92 Å². The molecule has 14 nitrogen and oxygen atoms in total. The summed E-state index contributed by atoms with van der Waals surface area (Å²) in [4.78, 5) is 64.2. The first-order valence-electron chi connectivity index (χ1n) is 20.6. The minimum absolute atomic E-state index is 0.000636. The lowest BCUT2D eigenvalue weighted by molar-refractivity contribution is -0.133. The summed E-state index contributed by atoms with van der Waals surface area (Å²) in [6.07, 6.45) is 8.71. The zero-order chi connectivity index (χ0) is 40.2. The van der Waals surface area contributed by atoms with Crippen molar-refractivity contribution in [3.05, 3.63) is 60.3 Å². The van der Waals surface area contributed by atoms with Crippen LogP contribution in [0.5, 0.6) is 0 Å². The summed E-state index contributed by atoms with van der Waals surface area (Å²) < 4.78 is 35.4. The number of nitrogens with one attached hydrogen (secondary N) is 4. The first-order chi connectivity index (χ1) is 28.2. The number of ether oxygens (including phenoxy) is 1. The summed E-state index contributed by atoms with van der Waals surface area (Å²) in [6.45, 7) is 3.96. The Morgan fingerprint density at radius 1 is 0.828 bits per heavy atom. The lowest BCUT2D eigenvalue weighted by Crippen LogP contribution is -2.52. The van der Waals surface area contributed by atoms with E-state index in [9.17, 15) is 23.6 Å². The number of carbonyl (C=O) groups excluding carboxylic acids is 4. The molecular formula is C42H51F2N9O5. The van der Waals surface area contributed by atoms with Crippen molar-refractivity contribution >= 4 is 46.6 Å². The van der Waals surface area contributed by atoms with Gasteiger partial charge in [-0.1, -0.05) is 12.1 Å². The maximum atomic E-state index is 15.2. The van der Waals surface area contributed by atoms with Crippen LogP contribution in [0.4, 0.5) is 31.8 Å². The minimum atomic E-state index is -0.564. The Balaban J connectivity index is 0.754. The standard InChI is InChI=1S/C42H51F2N9O5/c43-33-23-30(46-35-13-15-37(54)49-41(35)57)10-14-36(33)52-18-16-51(17-19-52)31-11-4-26(5-12-31)40(56)47-28-6-8-29(9-7-28)48-42-45-24-34(44)39(50-42)27-2-1-3-32(22-27)53-20-21-58-25-38(53)55/h1-3,10,14,22-24,26,28-29,31,35,46H,4-9,11-13,15-21,25H2,(H,47,56)(H,45,48,50)(H,49,54,57). The van der Waals surface area contributed by atoms with E-state index in [4.69, 9.17) is 4.74 Å². The molecule has 4 amide bonds. The summed E-state index contributed by atoms with van der Waals surface area (Å²) in [5.41, 5.74) is 2.44. The Labute approximate surface area is 336 Å². The average Bonchev–Trinajstić information content (AvgIpc) is 3.24. The van der Waals surface area contributed by atoms with E-state index >= 15 is 4.39 Å². The normalized spacial score (nSPS) is 25.9. The van der Waals surface area contributed by atoms with Gasteiger partial charge >= 0.3 is 0 Å². The monoisotopic (exact) mass is 799 g/mol. The molecule has 308 valence electrons. The molecule has 1 unspecified atom stereocenters. The van der Waals surface area contributed by atoms with E-state index in [0.717, 1.165) is 64.5 Å². The topological polar surface area (TPSA) is 161 Å². The van der Waals surface area contributed by atoms with Crippen LogP contribution in [0, 0.1) is 17.6 Å². The second kappa shape index (κ2) is 17.7. The van der Waals surface area contributed by atoms with Crippen LogP contribution in [-0.4, -0.2) is 109 Å². The quantitative estimate of drug-likeness (QED) is 0.218. The van der Waals surface area contributed by atoms with Crippen LogP contribution in [0.1, 0.15) is 64.2 Å². The number of imide groups is 1. The van der Waals surface area contributed by atoms with Gasteiger partial charge in [-0.2, -0.15) is 0 Å². The van der Waals surface area contributed by atoms with Gasteiger partial charge in [0.15, 0.2) is 5.82 Å². The molecule has 8 rings (SSSR count). The van der Waals surface area contributed by atoms with Crippen LogP contribution in [0.25, 0.3) is 11.3 Å². The molecule has 58 heavy (non-hydrogen) atoms. The maximum absolute atomic E-state index is 15.2. The molecule has 4 heterocycles. The summed E-state index contributed by atoms with van der Waals surface area (Å²) in [5.74, 6) is -1.22. The van der Waals surface area contributed by atoms with E-state index in [1.807, 2.05) is 6.07 Å². The first-order valence-corrected chi connectivity index (χ1v) is 20.6. The predicted octanol–water partition coefficient (Wildman–Crippen LogP) is 4.22. The van der Waals surface area contributed by atoms with Crippen molar-refractivity contribution in [2.75, 3.05) is 66.4 Å². The van der Waals surface area contributed by atoms with Crippen molar-refractivity contribution in [1.29, 1.82) is 0 Å². The van der Waals surface area contributed by atoms with Crippen LogP contribution in [-0.2, 0) is 23.9 Å². The van der Waals surface area contributed by atoms with Gasteiger partial charge in [0.05, 0.1) is 18.5 Å². The summed E-state index contributed by atoms with van der Waals surface area (Å²) in [6, 6.07) is 12.1. The zero-order valence-electron chi connectivity index (χ0n) is 32.6. The highest BCUT2D eigenvalue weighted by Crippen LogP contribution is 2.32. The molecule has 4 N–H and O–H groups in total. The van der Waals surface area contributed by atoms with Crippen LogP contribution in [0.2, 0.25) is 0 Å². The molecule has 2 saturated carbocycles. The first kappa shape index (κ1) is 39.6. The zero-order valence-corrected chi connectivity index (χ0v) is 32.6. The molecule has 3 saturated heterocycles. The van der Waals surface area contributed by atoms with Gasteiger partial charge in [-0.3, -0.25) is 29.4 Å². The van der Waals surface area contributed by atoms with Crippen molar-refractivity contribution in [3.63, 3.8) is 0 Å². The number of hydrogen-bond acceptors (Lipinski definition) is 11. The molecule has 5 aliphatic rings. The molecule has 2 aromatic carbocycles. The third kappa shape index (κ3) is 9.23. The lowest BCUT2D eigenvalue weighted by atomic mass is 9.83. The third-order valence-corrected chi connectivity index (χ3v) is 12.3. The molecule has 0 bridgehead atoms. The van der Waals surface area contributed by atoms with Gasteiger partial charge in [-0.15, -0.1) is 0 Å². The molecule has 2 aliphatic carbocycles. The number of piperazine rings is 1. The number of carbonyl (C=O) groups is 4. The fourth-order valence-corrected chi connectivity index (χ4v) is 9.05. The lowest BCUT2D eigenvalue weighted by Gasteiger charge is -2.42. The van der Waals surface area contributed by atoms with E-state index in [-0.39, 0.29) is 66.2 Å². The van der Waals surface area contributed by atoms with Crippen LogP contribution < -0.4 is 31.1 Å². The van der Waals surface area contributed by atoms with Gasteiger partial charge in [-0.05, 0) is 88.1 Å². The van der Waals surface area contributed by atoms with Gasteiger partial charge in [0.2, 0.25) is 23.7 Å². The number of halogens is 2. The molecule has 16 heteroatoms. The molecule has 3 aliphatic heterocycles. The van der Waals surface area contributed by atoms with Gasteiger partial charge in [0.1, 0.15) is 24.2 Å². The van der Waals surface area contributed by atoms with E-state index in [1.54, 1.807) is 35.2 Å². The van der Waals surface area contributed by atoms with Crippen LogP contribution >= 0.6 is 0 Å². The van der Waals surface area contributed by atoms with Gasteiger partial charge < -0.3 is 30.5 Å². The van der Waals surface area contributed by atoms with Crippen molar-refractivity contribution < 1.29 is 32.7 Å². The number of amides is 4. The number of hydrogen-bond donors (Lipinski definition) is 4. The maximum Gasteiger partial charge on any atom is 0.253 e. The summed E-state index contributed by atoms with van der Waals surface area (Å²) >= 11 is 0. The molecule has 5 fully saturated rings. The number of piperidine rings is 1. The third-order valence-electron chi connectivity index (χ3n) is 12.3. The SMILES string of the molecule is O=C1CCC(Nc2ccc(N3CCN(C4CCC(C(=O)NC5CCC(Nc6ncc(F)c(-c7cccc(N8CCOCC8=O)c7)n6)CC5)CC4)CC3)c(F)c2)C(=O)N1. The fraction of sp³-hybridized carbons (Fsp3) is 0.524. The van der Waals surface area contributed by atoms with Crippen molar-refractivity contribution in [3.8, 4) is 11.3 Å². The number of rotatable bonds is 10. The van der Waals surface area contributed by atoms with E-state index in [0.29, 0.717) is 67.3 Å². The number of aromatic nitrogens is 2. The van der Waals surface area contributed by atoms with Crippen molar-refractivity contribution in [2.45, 2.75) is 88.4 Å². The smallest absolute Gasteiger partial charge is 0.253 e. The highest BCUT2D eigenvalue weighted by Gasteiger charge is 2.33. The largest absolute Gasteiger partial charge is 0.374 e. The molecule has 0 spiro atoms. The van der Waals surface area contributed by atoms with E-state index in [2.05, 4.69) is 41.0 Å². The van der Waals surface area contributed by atoms with Crippen molar-refractivity contribution in [1.82, 2.24) is 25.5 Å². The van der Waals surface area contributed by atoms with Crippen LogP contribution in [0.3, 0.4) is 0 Å². The second-order valence-corrected chi connectivity index (χ2v) is 16.1. The molecule has 0 radical (unpaired) electrons. The van der Waals surface area contributed by atoms with Crippen LogP contribution in [0.15, 0.2) is 48.7 Å². The Kier molecular flexibility index (Phi) is 12.1. The summed E-state index contributed by atoms with van der Waals surface area (Å²) in [7, 11) is 0. The Morgan fingerprint density at radius 3 is 2.34 bits per heavy atom. The number of morpholine rings is 1. The minimum Gasteiger partial charge on any atom is -0.374 e. The molecular weight excluding hydrogens is 749 g/mol. The number of nitrogens with zero attached hydrogens (tertiary/aromatic N) is 5.